The second-order valence-corrected chi connectivity index (χ2v) is 23.2. The number of halogens is 2. The van der Waals surface area contributed by atoms with E-state index in [-0.39, 0.29) is 50.5 Å². The standard InChI is InChI=1S/C70H40F2N4OS3/c1-37-14-22-42(23-15-37)69(43-24-16-38(2)17-25-43)54-32-46(30-52-58(56(36-75)76-5)48-10-6-8-12-50(48)65(52)77)79-67(54)59-61(69)64(72)60-62(63(59)71)70(44-26-18-39(3)19-27-44,45-28-20-40(4)21-29-45)55-33-47(80-68(55)60)31-53-57(41(34-73)35-74)49-11-7-9-13-51(49)66(53)78/h6-33H,1-4H3/b52-30-,53-31-,58-56+. The molecule has 4 aliphatic carbocycles. The Morgan fingerprint density at radius 1 is 0.537 bits per heavy atom. The second kappa shape index (κ2) is 18.6. The maximum atomic E-state index is 20.1. The highest BCUT2D eigenvalue weighted by atomic mass is 32.1. The Morgan fingerprint density at radius 2 is 0.912 bits per heavy atom. The van der Waals surface area contributed by atoms with E-state index in [1.54, 1.807) is 30.3 Å². The fraction of sp³-hybridized carbons (Fsp3) is 0.0857. The summed E-state index contributed by atoms with van der Waals surface area (Å²) in [7, 11) is 0. The van der Waals surface area contributed by atoms with Gasteiger partial charge in [-0.15, -0.1) is 22.7 Å². The minimum Gasteiger partial charge on any atom is -0.289 e. The smallest absolute Gasteiger partial charge is 0.270 e. The van der Waals surface area contributed by atoms with Gasteiger partial charge in [-0.05, 0) is 96.5 Å². The number of fused-ring (bicyclic) bond motifs is 8. The maximum absolute atomic E-state index is 20.1. The molecule has 0 spiro atoms. The molecule has 7 aromatic carbocycles. The third-order valence-corrected chi connectivity index (χ3v) is 18.9. The third-order valence-electron chi connectivity index (χ3n) is 16.2. The summed E-state index contributed by atoms with van der Waals surface area (Å²) in [6.45, 7) is 15.9. The van der Waals surface area contributed by atoms with Crippen molar-refractivity contribution in [1.29, 1.82) is 15.8 Å². The first kappa shape index (κ1) is 50.0. The molecule has 2 aromatic heterocycles. The number of benzene rings is 7. The molecule has 0 aliphatic heterocycles. The molecule has 13 rings (SSSR count). The molecule has 378 valence electrons. The minimum atomic E-state index is -1.47. The van der Waals surface area contributed by atoms with Crippen molar-refractivity contribution < 1.29 is 13.6 Å². The summed E-state index contributed by atoms with van der Waals surface area (Å²) in [4.78, 5) is 20.7. The van der Waals surface area contributed by atoms with Crippen molar-refractivity contribution in [2.24, 2.45) is 0 Å². The highest BCUT2D eigenvalue weighted by molar-refractivity contribution is 7.81. The summed E-state index contributed by atoms with van der Waals surface area (Å²) in [6, 6.07) is 56.3. The van der Waals surface area contributed by atoms with Crippen molar-refractivity contribution in [1.82, 2.24) is 0 Å². The van der Waals surface area contributed by atoms with Gasteiger partial charge in [0.2, 0.25) is 0 Å². The molecule has 0 N–H and O–H groups in total. The molecule has 0 bridgehead atoms. The number of Topliss-reactive ketones (excluding diaryl/α,β-unsaturated/α-hetero) is 1. The summed E-state index contributed by atoms with van der Waals surface area (Å²) in [5.41, 5.74) is 8.94. The molecule has 0 radical (unpaired) electrons. The van der Waals surface area contributed by atoms with Crippen LogP contribution in [0.15, 0.2) is 180 Å². The third kappa shape index (κ3) is 6.91. The zero-order valence-corrected chi connectivity index (χ0v) is 45.8. The topological polar surface area (TPSA) is 92.8 Å². The van der Waals surface area contributed by atoms with E-state index in [1.807, 2.05) is 173 Å². The van der Waals surface area contributed by atoms with Crippen LogP contribution in [0, 0.1) is 79.9 Å². The summed E-state index contributed by atoms with van der Waals surface area (Å²) >= 11 is 8.69. The molecule has 0 fully saturated rings. The van der Waals surface area contributed by atoms with Gasteiger partial charge in [0.25, 0.3) is 5.70 Å². The number of rotatable bonds is 6. The Balaban J connectivity index is 1.17. The van der Waals surface area contributed by atoms with E-state index in [1.165, 1.54) is 22.7 Å². The first-order chi connectivity index (χ1) is 38.8. The number of nitriles is 3. The molecule has 9 aromatic rings. The largest absolute Gasteiger partial charge is 0.289 e. The van der Waals surface area contributed by atoms with Crippen LogP contribution in [-0.2, 0) is 10.8 Å². The second-order valence-electron chi connectivity index (χ2n) is 20.7. The van der Waals surface area contributed by atoms with Gasteiger partial charge in [-0.1, -0.05) is 180 Å². The van der Waals surface area contributed by atoms with Crippen LogP contribution in [0.2, 0.25) is 0 Å². The van der Waals surface area contributed by atoms with E-state index in [9.17, 15) is 20.6 Å². The SMILES string of the molecule is [C-]#[N+]/C(C#N)=C1/C(=C/c2cc3c(s2)-c2c(F)c4c(c(F)c2C3(c2ccc(C)cc2)c2ccc(C)cc2)-c2sc(/C=C3\C(=S)c5ccccc5C3=C(C#N)C#N)cc2C4(c2ccc(C)cc2)c2ccc(C)cc2)C(=O)c2ccccc21. The average Bonchev–Trinajstić information content (AvgIpc) is 4.40. The van der Waals surface area contributed by atoms with E-state index in [0.29, 0.717) is 85.6 Å². The monoisotopic (exact) mass is 1090 g/mol. The lowest BCUT2D eigenvalue weighted by Gasteiger charge is -2.36. The first-order valence-corrected chi connectivity index (χ1v) is 27.8. The van der Waals surface area contributed by atoms with Gasteiger partial charge in [0.1, 0.15) is 29.3 Å². The summed E-state index contributed by atoms with van der Waals surface area (Å²) in [5.74, 6) is -1.53. The predicted molar refractivity (Wildman–Crippen MR) is 318 cm³/mol. The molecule has 0 amide bonds. The van der Waals surface area contributed by atoms with Crippen LogP contribution in [0.4, 0.5) is 8.78 Å². The van der Waals surface area contributed by atoms with Gasteiger partial charge in [-0.3, -0.25) is 4.79 Å². The number of carbonyl (C=O) groups excluding carboxylic acids is 1. The van der Waals surface area contributed by atoms with E-state index in [4.69, 9.17) is 18.8 Å². The Labute approximate surface area is 474 Å². The lowest BCUT2D eigenvalue weighted by molar-refractivity contribution is 0.104. The van der Waals surface area contributed by atoms with Gasteiger partial charge in [-0.25, -0.2) is 18.9 Å². The Morgan fingerprint density at radius 3 is 1.30 bits per heavy atom. The number of nitrogens with zero attached hydrogens (tertiary/aromatic N) is 4. The van der Waals surface area contributed by atoms with Gasteiger partial charge in [0.15, 0.2) is 5.78 Å². The zero-order chi connectivity index (χ0) is 55.5. The van der Waals surface area contributed by atoms with E-state index < -0.39 is 22.5 Å². The van der Waals surface area contributed by atoms with Crippen LogP contribution >= 0.6 is 34.9 Å². The van der Waals surface area contributed by atoms with Gasteiger partial charge in [0.05, 0.1) is 28.3 Å². The zero-order valence-electron chi connectivity index (χ0n) is 43.3. The number of aryl methyl sites for hydroxylation is 4. The highest BCUT2D eigenvalue weighted by Gasteiger charge is 2.57. The Hall–Kier alpha value is -9.52. The lowest BCUT2D eigenvalue weighted by Crippen LogP contribution is -2.32. The van der Waals surface area contributed by atoms with Crippen LogP contribution < -0.4 is 0 Å². The summed E-state index contributed by atoms with van der Waals surface area (Å²) < 4.78 is 40.1. The molecule has 0 unspecified atom stereocenters. The molecule has 5 nitrogen and oxygen atoms in total. The number of ketones is 1. The average molecular weight is 1090 g/mol. The molecule has 0 saturated carbocycles. The summed E-state index contributed by atoms with van der Waals surface area (Å²) in [6.07, 6.45) is 3.58. The molecule has 0 saturated heterocycles. The predicted octanol–water partition coefficient (Wildman–Crippen LogP) is 17.1. The van der Waals surface area contributed by atoms with Crippen LogP contribution in [-0.4, -0.2) is 10.6 Å². The fourth-order valence-corrected chi connectivity index (χ4v) is 15.4. The molecular weight excluding hydrogens is 1050 g/mol. The van der Waals surface area contributed by atoms with Gasteiger partial charge in [0, 0.05) is 75.2 Å². The number of carbonyl (C=O) groups is 1. The number of allylic oxidation sites excluding steroid dienone is 6. The molecular formula is C70H40F2N4OS3. The van der Waals surface area contributed by atoms with E-state index in [2.05, 4.69) is 17.0 Å². The van der Waals surface area contributed by atoms with Crippen molar-refractivity contribution in [3.8, 4) is 39.1 Å². The number of hydrogen-bond acceptors (Lipinski definition) is 7. The lowest BCUT2D eigenvalue weighted by atomic mass is 9.65. The maximum Gasteiger partial charge on any atom is 0.270 e. The van der Waals surface area contributed by atoms with Crippen molar-refractivity contribution in [2.45, 2.75) is 38.5 Å². The van der Waals surface area contributed by atoms with Crippen molar-refractivity contribution in [3.05, 3.63) is 302 Å². The molecule has 2 heterocycles. The Kier molecular flexibility index (Phi) is 11.6. The summed E-state index contributed by atoms with van der Waals surface area (Å²) in [5, 5.41) is 30.9. The van der Waals surface area contributed by atoms with Crippen LogP contribution in [0.1, 0.15) is 104 Å². The van der Waals surface area contributed by atoms with Crippen LogP contribution in [0.5, 0.6) is 0 Å². The highest BCUT2D eigenvalue weighted by Crippen LogP contribution is 2.67. The van der Waals surface area contributed by atoms with Crippen molar-refractivity contribution in [3.63, 3.8) is 0 Å². The fourth-order valence-electron chi connectivity index (χ4n) is 12.7. The Bertz CT molecular complexity index is 4180. The first-order valence-electron chi connectivity index (χ1n) is 25.7. The van der Waals surface area contributed by atoms with Crippen molar-refractivity contribution in [2.75, 3.05) is 0 Å². The van der Waals surface area contributed by atoms with Crippen LogP contribution in [0.25, 0.3) is 49.0 Å². The van der Waals surface area contributed by atoms with Crippen LogP contribution in [0.3, 0.4) is 0 Å². The van der Waals surface area contributed by atoms with E-state index in [0.717, 1.165) is 27.8 Å². The van der Waals surface area contributed by atoms with Gasteiger partial charge >= 0.3 is 0 Å². The normalized spacial score (nSPS) is 16.2. The number of thiocarbonyl (C=S) groups is 1. The number of hydrogen-bond donors (Lipinski definition) is 0. The van der Waals surface area contributed by atoms with Crippen molar-refractivity contribution >= 4 is 68.8 Å². The number of thiophene rings is 2. The quantitative estimate of drug-likeness (QED) is 0.0716. The molecule has 4 aliphatic rings. The van der Waals surface area contributed by atoms with Gasteiger partial charge < -0.3 is 0 Å². The minimum absolute atomic E-state index is 0.0853. The van der Waals surface area contributed by atoms with Gasteiger partial charge in [-0.2, -0.15) is 10.5 Å². The molecule has 80 heavy (non-hydrogen) atoms. The molecule has 10 heteroatoms. The molecule has 0 atom stereocenters. The van der Waals surface area contributed by atoms with E-state index >= 15 is 8.78 Å².